The molecule has 16 heavy (non-hydrogen) atoms. The van der Waals surface area contributed by atoms with Crippen molar-refractivity contribution in [2.75, 3.05) is 6.54 Å². The van der Waals surface area contributed by atoms with Crippen LogP contribution in [0.4, 0.5) is 0 Å². The van der Waals surface area contributed by atoms with E-state index in [1.807, 2.05) is 0 Å². The lowest BCUT2D eigenvalue weighted by Crippen LogP contribution is -2.45. The quantitative estimate of drug-likeness (QED) is 0.725. The van der Waals surface area contributed by atoms with Gasteiger partial charge in [0.15, 0.2) is 0 Å². The van der Waals surface area contributed by atoms with E-state index in [9.17, 15) is 0 Å². The van der Waals surface area contributed by atoms with Crippen LogP contribution in [0.1, 0.15) is 65.2 Å². The van der Waals surface area contributed by atoms with Crippen molar-refractivity contribution in [2.45, 2.75) is 83.0 Å². The average molecular weight is 225 g/mol. The fourth-order valence-corrected chi connectivity index (χ4v) is 2.83. The Kier molecular flexibility index (Phi) is 4.26. The molecule has 1 N–H and O–H groups in total. The summed E-state index contributed by atoms with van der Waals surface area (Å²) in [6.07, 6.45) is 11.1. The number of rotatable bonds is 5. The third-order valence-electron chi connectivity index (χ3n) is 3.79. The zero-order chi connectivity index (χ0) is 11.4. The molecule has 0 amide bonds. The zero-order valence-corrected chi connectivity index (χ0v) is 10.9. The molecule has 2 aliphatic carbocycles. The summed E-state index contributed by atoms with van der Waals surface area (Å²) in [5, 5.41) is 3.68. The van der Waals surface area contributed by atoms with Crippen molar-refractivity contribution in [3.63, 3.8) is 0 Å². The lowest BCUT2D eigenvalue weighted by molar-refractivity contribution is -0.0878. The van der Waals surface area contributed by atoms with E-state index in [-0.39, 0.29) is 5.60 Å². The van der Waals surface area contributed by atoms with Gasteiger partial charge in [0.1, 0.15) is 0 Å². The summed E-state index contributed by atoms with van der Waals surface area (Å²) in [4.78, 5) is 0. The molecule has 0 atom stereocenters. The van der Waals surface area contributed by atoms with Crippen LogP contribution in [0.2, 0.25) is 0 Å². The topological polar surface area (TPSA) is 21.3 Å². The first-order valence-electron chi connectivity index (χ1n) is 7.11. The Bertz CT molecular complexity index is 203. The van der Waals surface area contributed by atoms with Gasteiger partial charge in [-0.1, -0.05) is 25.7 Å². The normalized spacial score (nSPS) is 25.7. The van der Waals surface area contributed by atoms with E-state index in [1.54, 1.807) is 0 Å². The molecule has 0 aromatic carbocycles. The van der Waals surface area contributed by atoms with Crippen LogP contribution in [0.25, 0.3) is 0 Å². The van der Waals surface area contributed by atoms with Crippen LogP contribution < -0.4 is 5.32 Å². The molecule has 0 radical (unpaired) electrons. The van der Waals surface area contributed by atoms with Gasteiger partial charge in [0, 0.05) is 12.6 Å². The maximum absolute atomic E-state index is 6.27. The monoisotopic (exact) mass is 225 g/mol. The molecule has 2 heteroatoms. The van der Waals surface area contributed by atoms with E-state index in [1.165, 1.54) is 51.4 Å². The highest BCUT2D eigenvalue weighted by Crippen LogP contribution is 2.32. The van der Waals surface area contributed by atoms with Crippen LogP contribution in [-0.4, -0.2) is 24.3 Å². The minimum Gasteiger partial charge on any atom is -0.371 e. The van der Waals surface area contributed by atoms with Gasteiger partial charge in [-0.25, -0.2) is 0 Å². The molecule has 0 aromatic rings. The van der Waals surface area contributed by atoms with Crippen molar-refractivity contribution >= 4 is 0 Å². The van der Waals surface area contributed by atoms with Crippen LogP contribution >= 0.6 is 0 Å². The van der Waals surface area contributed by atoms with E-state index in [2.05, 4.69) is 19.2 Å². The number of ether oxygens (including phenoxy) is 1. The smallest absolute Gasteiger partial charge is 0.0809 e. The van der Waals surface area contributed by atoms with Crippen molar-refractivity contribution in [1.82, 2.24) is 5.32 Å². The Morgan fingerprint density at radius 1 is 1.12 bits per heavy atom. The lowest BCUT2D eigenvalue weighted by Gasteiger charge is -2.35. The fraction of sp³-hybridized carbons (Fsp3) is 1.00. The van der Waals surface area contributed by atoms with Crippen molar-refractivity contribution in [2.24, 2.45) is 0 Å². The van der Waals surface area contributed by atoms with E-state index in [4.69, 9.17) is 4.74 Å². The van der Waals surface area contributed by atoms with Crippen molar-refractivity contribution < 1.29 is 4.74 Å². The van der Waals surface area contributed by atoms with Gasteiger partial charge < -0.3 is 10.1 Å². The number of hydrogen-bond donors (Lipinski definition) is 1. The zero-order valence-electron chi connectivity index (χ0n) is 10.9. The third kappa shape index (κ3) is 3.74. The molecule has 2 fully saturated rings. The van der Waals surface area contributed by atoms with Crippen LogP contribution in [-0.2, 0) is 4.74 Å². The highest BCUT2D eigenvalue weighted by molar-refractivity contribution is 4.90. The van der Waals surface area contributed by atoms with Gasteiger partial charge in [-0.05, 0) is 39.5 Å². The predicted molar refractivity (Wildman–Crippen MR) is 67.7 cm³/mol. The average Bonchev–Trinajstić information content (AvgIpc) is 3.01. The summed E-state index contributed by atoms with van der Waals surface area (Å²) in [6.45, 7) is 5.42. The van der Waals surface area contributed by atoms with Crippen molar-refractivity contribution in [3.05, 3.63) is 0 Å². The molecule has 0 heterocycles. The van der Waals surface area contributed by atoms with Gasteiger partial charge in [-0.2, -0.15) is 0 Å². The summed E-state index contributed by atoms with van der Waals surface area (Å²) >= 11 is 0. The molecule has 0 saturated heterocycles. The molecule has 0 bridgehead atoms. The van der Waals surface area contributed by atoms with Crippen molar-refractivity contribution in [3.8, 4) is 0 Å². The molecule has 2 saturated carbocycles. The largest absolute Gasteiger partial charge is 0.371 e. The molecule has 2 rings (SSSR count). The van der Waals surface area contributed by atoms with E-state index < -0.39 is 0 Å². The Hall–Kier alpha value is -0.0800. The van der Waals surface area contributed by atoms with Crippen LogP contribution in [0.3, 0.4) is 0 Å². The first kappa shape index (κ1) is 12.4. The van der Waals surface area contributed by atoms with Crippen LogP contribution in [0, 0.1) is 0 Å². The molecular formula is C14H27NO. The standard InChI is InChI=1S/C14H27NO/c1-12(2)16-14(11-15-13-7-8-13)9-5-3-4-6-10-14/h12-13,15H,3-11H2,1-2H3. The van der Waals surface area contributed by atoms with Gasteiger partial charge in [0.05, 0.1) is 11.7 Å². The minimum absolute atomic E-state index is 0.146. The summed E-state index contributed by atoms with van der Waals surface area (Å²) < 4.78 is 6.27. The van der Waals surface area contributed by atoms with Crippen LogP contribution in [0.5, 0.6) is 0 Å². The number of hydrogen-bond acceptors (Lipinski definition) is 2. The van der Waals surface area contributed by atoms with Crippen LogP contribution in [0.15, 0.2) is 0 Å². The van der Waals surface area contributed by atoms with Gasteiger partial charge in [-0.3, -0.25) is 0 Å². The second-order valence-electron chi connectivity index (χ2n) is 5.92. The highest BCUT2D eigenvalue weighted by Gasteiger charge is 2.34. The van der Waals surface area contributed by atoms with Gasteiger partial charge in [0.25, 0.3) is 0 Å². The first-order valence-corrected chi connectivity index (χ1v) is 7.11. The minimum atomic E-state index is 0.146. The Morgan fingerprint density at radius 3 is 2.25 bits per heavy atom. The van der Waals surface area contributed by atoms with Crippen molar-refractivity contribution in [1.29, 1.82) is 0 Å². The van der Waals surface area contributed by atoms with Gasteiger partial charge in [0.2, 0.25) is 0 Å². The fourth-order valence-electron chi connectivity index (χ4n) is 2.83. The maximum atomic E-state index is 6.27. The summed E-state index contributed by atoms with van der Waals surface area (Å²) in [5.41, 5.74) is 0.146. The number of nitrogens with one attached hydrogen (secondary N) is 1. The maximum Gasteiger partial charge on any atom is 0.0809 e. The summed E-state index contributed by atoms with van der Waals surface area (Å²) in [6, 6.07) is 0.802. The van der Waals surface area contributed by atoms with E-state index >= 15 is 0 Å². The second-order valence-corrected chi connectivity index (χ2v) is 5.92. The molecular weight excluding hydrogens is 198 g/mol. The third-order valence-corrected chi connectivity index (χ3v) is 3.79. The molecule has 0 unspecified atom stereocenters. The molecule has 2 nitrogen and oxygen atoms in total. The molecule has 2 aliphatic rings. The first-order chi connectivity index (χ1) is 7.70. The molecule has 94 valence electrons. The predicted octanol–water partition coefficient (Wildman–Crippen LogP) is 3.26. The molecule has 0 aliphatic heterocycles. The van der Waals surface area contributed by atoms with Gasteiger partial charge in [-0.15, -0.1) is 0 Å². The molecule has 0 aromatic heterocycles. The van der Waals surface area contributed by atoms with E-state index in [0.717, 1.165) is 12.6 Å². The Labute approximate surface area is 100 Å². The summed E-state index contributed by atoms with van der Waals surface area (Å²) in [5.74, 6) is 0. The Morgan fingerprint density at radius 2 is 1.75 bits per heavy atom. The highest BCUT2D eigenvalue weighted by atomic mass is 16.5. The SMILES string of the molecule is CC(C)OC1(CNC2CC2)CCCCCC1. The van der Waals surface area contributed by atoms with E-state index in [0.29, 0.717) is 6.10 Å². The van der Waals surface area contributed by atoms with Gasteiger partial charge >= 0.3 is 0 Å². The molecule has 0 spiro atoms. The Balaban J connectivity index is 1.90. The summed E-state index contributed by atoms with van der Waals surface area (Å²) in [7, 11) is 0. The lowest BCUT2D eigenvalue weighted by atomic mass is 9.93. The second kappa shape index (κ2) is 5.50.